The summed E-state index contributed by atoms with van der Waals surface area (Å²) in [5.41, 5.74) is 5.22. The minimum atomic E-state index is -3.86. The summed E-state index contributed by atoms with van der Waals surface area (Å²) >= 11 is 3.14. The van der Waals surface area contributed by atoms with Crippen molar-refractivity contribution >= 4 is 38.4 Å². The standard InChI is InChI=1S/C12H18BrFN2O2S.ClH/c1-12(2,7-15)8-16(3)19(17,18)11-6-9(13)4-5-10(11)14;/h4-6H,7-8,15H2,1-3H3;1H. The Kier molecular flexibility index (Phi) is 7.10. The quantitative estimate of drug-likeness (QED) is 0.842. The second kappa shape index (κ2) is 7.17. The number of halogens is 3. The van der Waals surface area contributed by atoms with E-state index in [9.17, 15) is 12.8 Å². The molecule has 0 radical (unpaired) electrons. The first-order chi connectivity index (χ1) is 8.60. The van der Waals surface area contributed by atoms with Crippen LogP contribution in [0.2, 0.25) is 0 Å². The predicted molar refractivity (Wildman–Crippen MR) is 84.0 cm³/mol. The highest BCUT2D eigenvalue weighted by Crippen LogP contribution is 2.25. The molecule has 4 nitrogen and oxygen atoms in total. The molecule has 1 rings (SSSR count). The first-order valence-electron chi connectivity index (χ1n) is 5.71. The molecule has 0 aromatic heterocycles. The molecule has 1 aromatic carbocycles. The van der Waals surface area contributed by atoms with E-state index in [1.807, 2.05) is 13.8 Å². The Balaban J connectivity index is 0.00000361. The van der Waals surface area contributed by atoms with E-state index in [1.165, 1.54) is 19.2 Å². The largest absolute Gasteiger partial charge is 0.330 e. The van der Waals surface area contributed by atoms with Crippen LogP contribution in [0.1, 0.15) is 13.8 Å². The van der Waals surface area contributed by atoms with E-state index in [0.717, 1.165) is 10.4 Å². The molecule has 0 fully saturated rings. The van der Waals surface area contributed by atoms with E-state index in [0.29, 0.717) is 11.0 Å². The minimum absolute atomic E-state index is 0. The normalized spacial score (nSPS) is 12.3. The Morgan fingerprint density at radius 1 is 1.40 bits per heavy atom. The number of hydrogen-bond acceptors (Lipinski definition) is 3. The Bertz CT molecular complexity index is 567. The van der Waals surface area contributed by atoms with Gasteiger partial charge in [0.1, 0.15) is 10.7 Å². The van der Waals surface area contributed by atoms with Gasteiger partial charge in [0.25, 0.3) is 0 Å². The fourth-order valence-electron chi connectivity index (χ4n) is 1.60. The van der Waals surface area contributed by atoms with Crippen molar-refractivity contribution in [1.82, 2.24) is 4.31 Å². The topological polar surface area (TPSA) is 63.4 Å². The molecule has 0 saturated heterocycles. The number of nitrogens with two attached hydrogens (primary N) is 1. The van der Waals surface area contributed by atoms with Crippen LogP contribution in [0.15, 0.2) is 27.6 Å². The molecule has 8 heteroatoms. The molecule has 0 atom stereocenters. The molecule has 0 saturated carbocycles. The van der Waals surface area contributed by atoms with Gasteiger partial charge >= 0.3 is 0 Å². The maximum Gasteiger partial charge on any atom is 0.245 e. The van der Waals surface area contributed by atoms with Crippen LogP contribution in [0.25, 0.3) is 0 Å². The summed E-state index contributed by atoms with van der Waals surface area (Å²) in [5.74, 6) is -0.763. The molecule has 0 bridgehead atoms. The van der Waals surface area contributed by atoms with Gasteiger partial charge in [-0.2, -0.15) is 0 Å². The third kappa shape index (κ3) is 4.66. The molecule has 0 spiro atoms. The number of nitrogens with zero attached hydrogens (tertiary/aromatic N) is 1. The minimum Gasteiger partial charge on any atom is -0.330 e. The Hall–Kier alpha value is -0.210. The highest BCUT2D eigenvalue weighted by atomic mass is 79.9. The average molecular weight is 390 g/mol. The molecule has 0 aliphatic carbocycles. The molecule has 0 aliphatic heterocycles. The molecule has 116 valence electrons. The van der Waals surface area contributed by atoms with Gasteiger partial charge in [-0.1, -0.05) is 29.8 Å². The van der Waals surface area contributed by atoms with Crippen LogP contribution in [0.3, 0.4) is 0 Å². The zero-order valence-electron chi connectivity index (χ0n) is 11.6. The number of benzene rings is 1. The SMILES string of the molecule is CN(CC(C)(C)CN)S(=O)(=O)c1cc(Br)ccc1F.Cl. The Morgan fingerprint density at radius 3 is 2.45 bits per heavy atom. The Morgan fingerprint density at radius 2 is 1.95 bits per heavy atom. The van der Waals surface area contributed by atoms with Crippen molar-refractivity contribution in [3.05, 3.63) is 28.5 Å². The first kappa shape index (κ1) is 19.8. The van der Waals surface area contributed by atoms with Gasteiger partial charge in [0.15, 0.2) is 0 Å². The lowest BCUT2D eigenvalue weighted by Gasteiger charge is -2.28. The summed E-state index contributed by atoms with van der Waals surface area (Å²) in [7, 11) is -2.44. The molecular weight excluding hydrogens is 371 g/mol. The predicted octanol–water partition coefficient (Wildman–Crippen LogP) is 2.62. The summed E-state index contributed by atoms with van der Waals surface area (Å²) in [6.45, 7) is 4.28. The van der Waals surface area contributed by atoms with Gasteiger partial charge in [-0.05, 0) is 30.2 Å². The van der Waals surface area contributed by atoms with Crippen LogP contribution < -0.4 is 5.73 Å². The average Bonchev–Trinajstić information content (AvgIpc) is 2.31. The van der Waals surface area contributed by atoms with Crippen LogP contribution in [0, 0.1) is 11.2 Å². The van der Waals surface area contributed by atoms with Gasteiger partial charge in [0, 0.05) is 18.1 Å². The number of hydrogen-bond donors (Lipinski definition) is 1. The van der Waals surface area contributed by atoms with Gasteiger partial charge < -0.3 is 5.73 Å². The van der Waals surface area contributed by atoms with Gasteiger partial charge in [0.2, 0.25) is 10.0 Å². The van der Waals surface area contributed by atoms with E-state index in [1.54, 1.807) is 0 Å². The lowest BCUT2D eigenvalue weighted by Crippen LogP contribution is -2.40. The van der Waals surface area contributed by atoms with Crippen molar-refractivity contribution in [2.45, 2.75) is 18.7 Å². The van der Waals surface area contributed by atoms with Crippen molar-refractivity contribution < 1.29 is 12.8 Å². The summed E-state index contributed by atoms with van der Waals surface area (Å²) in [6, 6.07) is 3.84. The summed E-state index contributed by atoms with van der Waals surface area (Å²) in [6.07, 6.45) is 0. The molecular formula is C12H19BrClFN2O2S. The summed E-state index contributed by atoms with van der Waals surface area (Å²) in [4.78, 5) is -0.336. The van der Waals surface area contributed by atoms with Crippen molar-refractivity contribution in [2.75, 3.05) is 20.1 Å². The molecule has 20 heavy (non-hydrogen) atoms. The molecule has 2 N–H and O–H groups in total. The van der Waals surface area contributed by atoms with Crippen LogP contribution in [-0.2, 0) is 10.0 Å². The van der Waals surface area contributed by atoms with E-state index in [-0.39, 0.29) is 29.3 Å². The van der Waals surface area contributed by atoms with Gasteiger partial charge in [-0.15, -0.1) is 12.4 Å². The van der Waals surface area contributed by atoms with E-state index >= 15 is 0 Å². The summed E-state index contributed by atoms with van der Waals surface area (Å²) in [5, 5.41) is 0. The monoisotopic (exact) mass is 388 g/mol. The zero-order valence-corrected chi connectivity index (χ0v) is 14.8. The van der Waals surface area contributed by atoms with Crippen molar-refractivity contribution in [2.24, 2.45) is 11.1 Å². The van der Waals surface area contributed by atoms with Crippen molar-refractivity contribution in [3.63, 3.8) is 0 Å². The summed E-state index contributed by atoms with van der Waals surface area (Å²) < 4.78 is 40.0. The third-order valence-corrected chi connectivity index (χ3v) is 5.10. The van der Waals surface area contributed by atoms with E-state index in [2.05, 4.69) is 15.9 Å². The highest BCUT2D eigenvalue weighted by Gasteiger charge is 2.29. The molecule has 0 amide bonds. The van der Waals surface area contributed by atoms with Crippen LogP contribution >= 0.6 is 28.3 Å². The molecule has 1 aromatic rings. The molecule has 0 aliphatic rings. The fourth-order valence-corrected chi connectivity index (χ4v) is 3.55. The second-order valence-electron chi connectivity index (χ2n) is 5.20. The number of rotatable bonds is 5. The van der Waals surface area contributed by atoms with Crippen molar-refractivity contribution in [3.8, 4) is 0 Å². The van der Waals surface area contributed by atoms with Crippen LogP contribution in [0.5, 0.6) is 0 Å². The first-order valence-corrected chi connectivity index (χ1v) is 7.95. The molecule has 0 heterocycles. The van der Waals surface area contributed by atoms with E-state index < -0.39 is 15.8 Å². The zero-order chi connectivity index (χ0) is 14.8. The number of sulfonamides is 1. The van der Waals surface area contributed by atoms with Gasteiger partial charge in [-0.3, -0.25) is 0 Å². The third-order valence-electron chi connectivity index (χ3n) is 2.78. The van der Waals surface area contributed by atoms with Gasteiger partial charge in [-0.25, -0.2) is 17.1 Å². The molecule has 0 unspecified atom stereocenters. The maximum absolute atomic E-state index is 13.7. The second-order valence-corrected chi connectivity index (χ2v) is 8.13. The van der Waals surface area contributed by atoms with E-state index in [4.69, 9.17) is 5.73 Å². The lowest BCUT2D eigenvalue weighted by atomic mass is 9.94. The van der Waals surface area contributed by atoms with Crippen LogP contribution in [0.4, 0.5) is 4.39 Å². The smallest absolute Gasteiger partial charge is 0.245 e. The lowest BCUT2D eigenvalue weighted by molar-refractivity contribution is 0.291. The highest BCUT2D eigenvalue weighted by molar-refractivity contribution is 9.10. The maximum atomic E-state index is 13.7. The van der Waals surface area contributed by atoms with Gasteiger partial charge in [0.05, 0.1) is 0 Å². The van der Waals surface area contributed by atoms with Crippen molar-refractivity contribution in [1.29, 1.82) is 0 Å². The Labute approximate surface area is 134 Å². The fraction of sp³-hybridized carbons (Fsp3) is 0.500. The van der Waals surface area contributed by atoms with Crippen LogP contribution in [-0.4, -0.2) is 32.9 Å².